The number of nitrogens with zero attached hydrogens (tertiary/aromatic N) is 3. The van der Waals surface area contributed by atoms with E-state index in [0.717, 1.165) is 18.3 Å². The average Bonchev–Trinajstić information content (AvgIpc) is 2.98. The van der Waals surface area contributed by atoms with Gasteiger partial charge in [0.1, 0.15) is 11.6 Å². The van der Waals surface area contributed by atoms with Crippen LogP contribution in [0.4, 0.5) is 10.7 Å². The summed E-state index contributed by atoms with van der Waals surface area (Å²) in [6, 6.07) is -0.650. The summed E-state index contributed by atoms with van der Waals surface area (Å²) in [6.45, 7) is 18.7. The summed E-state index contributed by atoms with van der Waals surface area (Å²) in [4.78, 5) is 36.3. The van der Waals surface area contributed by atoms with E-state index in [4.69, 9.17) is 14.0 Å². The normalized spacial score (nSPS) is 20.8. The first kappa shape index (κ1) is 28.2. The number of nitrogens with one attached hydrogen (secondary N) is 2. The Bertz CT molecular complexity index is 908. The first-order valence-corrected chi connectivity index (χ1v) is 12.8. The Morgan fingerprint density at radius 2 is 1.61 bits per heavy atom. The van der Waals surface area contributed by atoms with E-state index in [9.17, 15) is 9.59 Å². The van der Waals surface area contributed by atoms with Crippen LogP contribution in [0.15, 0.2) is 12.4 Å². The van der Waals surface area contributed by atoms with Gasteiger partial charge in [-0.2, -0.15) is 0 Å². The zero-order valence-corrected chi connectivity index (χ0v) is 23.2. The number of aromatic nitrogens is 2. The molecule has 0 bridgehead atoms. The molecular weight excluding hydrogens is 461 g/mol. The fourth-order valence-corrected chi connectivity index (χ4v) is 4.08. The van der Waals surface area contributed by atoms with E-state index >= 15 is 0 Å². The summed E-state index contributed by atoms with van der Waals surface area (Å²) in [5.74, 6) is 0.373. The van der Waals surface area contributed by atoms with Crippen molar-refractivity contribution in [2.45, 2.75) is 104 Å². The van der Waals surface area contributed by atoms with Crippen LogP contribution in [0, 0.1) is 5.92 Å². The molecule has 1 aromatic rings. The maximum atomic E-state index is 12.9. The monoisotopic (exact) mass is 503 g/mol. The fraction of sp³-hybridized carbons (Fsp3) is 0.760. The van der Waals surface area contributed by atoms with E-state index in [1.165, 1.54) is 0 Å². The van der Waals surface area contributed by atoms with E-state index in [1.807, 2.05) is 41.5 Å². The van der Waals surface area contributed by atoms with E-state index in [-0.39, 0.29) is 17.9 Å². The molecule has 1 aromatic heterocycles. The van der Waals surface area contributed by atoms with Crippen LogP contribution in [-0.4, -0.2) is 71.1 Å². The van der Waals surface area contributed by atoms with Crippen molar-refractivity contribution in [2.24, 2.45) is 5.92 Å². The Balaban J connectivity index is 1.51. The minimum Gasteiger partial charge on any atom is -0.444 e. The van der Waals surface area contributed by atoms with Crippen molar-refractivity contribution in [1.82, 2.24) is 20.6 Å². The lowest BCUT2D eigenvalue weighted by Crippen LogP contribution is -2.54. The molecule has 2 fully saturated rings. The Morgan fingerprint density at radius 1 is 1.08 bits per heavy atom. The van der Waals surface area contributed by atoms with Crippen molar-refractivity contribution in [3.63, 3.8) is 0 Å². The van der Waals surface area contributed by atoms with Crippen LogP contribution in [0.1, 0.15) is 75.2 Å². The number of alkyl carbamates (subject to hydrolysis) is 1. The van der Waals surface area contributed by atoms with Gasteiger partial charge in [0.05, 0.1) is 11.2 Å². The van der Waals surface area contributed by atoms with Crippen LogP contribution in [0.3, 0.4) is 0 Å². The summed E-state index contributed by atoms with van der Waals surface area (Å²) in [7, 11) is -0.492. The van der Waals surface area contributed by atoms with Gasteiger partial charge in [0.25, 0.3) is 0 Å². The molecule has 2 amide bonds. The molecule has 0 aliphatic carbocycles. The van der Waals surface area contributed by atoms with Crippen molar-refractivity contribution >= 4 is 30.5 Å². The highest BCUT2D eigenvalue weighted by atomic mass is 16.7. The van der Waals surface area contributed by atoms with Crippen LogP contribution >= 0.6 is 0 Å². The number of hydrogen-bond acceptors (Lipinski definition) is 8. The van der Waals surface area contributed by atoms with Crippen molar-refractivity contribution in [2.75, 3.05) is 18.0 Å². The van der Waals surface area contributed by atoms with Crippen LogP contribution in [-0.2, 0) is 18.8 Å². The van der Waals surface area contributed by atoms with Crippen molar-refractivity contribution in [1.29, 1.82) is 0 Å². The Labute approximate surface area is 215 Å². The molecule has 2 aliphatic heterocycles. The molecule has 2 N–H and O–H groups in total. The summed E-state index contributed by atoms with van der Waals surface area (Å²) in [5.41, 5.74) is -0.671. The second kappa shape index (κ2) is 10.5. The first-order valence-electron chi connectivity index (χ1n) is 12.8. The molecule has 2 saturated heterocycles. The molecule has 11 heteroatoms. The van der Waals surface area contributed by atoms with E-state index in [1.54, 1.807) is 33.2 Å². The highest BCUT2D eigenvalue weighted by Crippen LogP contribution is 2.36. The molecule has 200 valence electrons. The molecule has 1 atom stereocenters. The minimum absolute atomic E-state index is 0.0134. The van der Waals surface area contributed by atoms with Crippen molar-refractivity contribution in [3.8, 4) is 0 Å². The summed E-state index contributed by atoms with van der Waals surface area (Å²) >= 11 is 0. The maximum Gasteiger partial charge on any atom is 0.498 e. The third kappa shape index (κ3) is 6.88. The quantitative estimate of drug-likeness (QED) is 0.569. The van der Waals surface area contributed by atoms with Gasteiger partial charge in [-0.05, 0) is 67.2 Å². The lowest BCUT2D eigenvalue weighted by Gasteiger charge is -2.33. The molecule has 0 radical (unpaired) electrons. The van der Waals surface area contributed by atoms with E-state index in [2.05, 4.69) is 25.5 Å². The molecule has 3 rings (SSSR count). The van der Waals surface area contributed by atoms with Gasteiger partial charge in [0.2, 0.25) is 11.9 Å². The van der Waals surface area contributed by atoms with Gasteiger partial charge in [-0.1, -0.05) is 13.8 Å². The number of carbonyl (C=O) groups excluding carboxylic acids is 2. The zero-order chi connectivity index (χ0) is 26.9. The number of piperidine rings is 1. The first-order chi connectivity index (χ1) is 16.6. The van der Waals surface area contributed by atoms with Crippen molar-refractivity contribution < 1.29 is 23.6 Å². The summed E-state index contributed by atoms with van der Waals surface area (Å²) < 4.78 is 17.5. The van der Waals surface area contributed by atoms with Crippen molar-refractivity contribution in [3.05, 3.63) is 12.4 Å². The second-order valence-corrected chi connectivity index (χ2v) is 12.0. The van der Waals surface area contributed by atoms with E-state index < -0.39 is 36.1 Å². The van der Waals surface area contributed by atoms with E-state index in [0.29, 0.717) is 19.0 Å². The average molecular weight is 503 g/mol. The summed E-state index contributed by atoms with van der Waals surface area (Å²) in [6.07, 6.45) is 4.44. The van der Waals surface area contributed by atoms with Crippen LogP contribution in [0.2, 0.25) is 0 Å². The van der Waals surface area contributed by atoms with Crippen LogP contribution in [0.25, 0.3) is 0 Å². The zero-order valence-electron chi connectivity index (χ0n) is 23.2. The van der Waals surface area contributed by atoms with Gasteiger partial charge in [-0.3, -0.25) is 4.79 Å². The second-order valence-electron chi connectivity index (χ2n) is 12.0. The van der Waals surface area contributed by atoms with Gasteiger partial charge in [-0.15, -0.1) is 0 Å². The van der Waals surface area contributed by atoms with Crippen LogP contribution < -0.4 is 21.0 Å². The van der Waals surface area contributed by atoms with Gasteiger partial charge in [0, 0.05) is 37.0 Å². The predicted molar refractivity (Wildman–Crippen MR) is 139 cm³/mol. The molecule has 3 heterocycles. The number of amides is 2. The SMILES string of the molecule is CC(C)C(NC(=O)OC(C)(C)C)C(=O)NC1CCN(c2ncc(B3OC(C)(C)C(C)(C)O3)cn2)CC1. The number of ether oxygens (including phenoxy) is 1. The standard InChI is InChI=1S/C25H42BN5O5/c1-16(2)19(30-22(33)34-23(3,4)5)20(32)29-18-10-12-31(13-11-18)21-27-14-17(15-28-21)26-35-24(6,7)25(8,9)36-26/h14-16,18-19H,10-13H2,1-9H3,(H,29,32)(H,30,33). The molecule has 2 aliphatic rings. The van der Waals surface area contributed by atoms with Crippen LogP contribution in [0.5, 0.6) is 0 Å². The lowest BCUT2D eigenvalue weighted by atomic mass is 9.81. The third-order valence-corrected chi connectivity index (χ3v) is 6.93. The Morgan fingerprint density at radius 3 is 2.08 bits per heavy atom. The molecule has 1 unspecified atom stereocenters. The molecule has 36 heavy (non-hydrogen) atoms. The number of rotatable bonds is 6. The minimum atomic E-state index is -0.663. The predicted octanol–water partition coefficient (Wildman–Crippen LogP) is 2.41. The Kier molecular flexibility index (Phi) is 8.25. The highest BCUT2D eigenvalue weighted by Gasteiger charge is 2.52. The fourth-order valence-electron chi connectivity index (χ4n) is 4.08. The number of hydrogen-bond donors (Lipinski definition) is 2. The molecule has 10 nitrogen and oxygen atoms in total. The topological polar surface area (TPSA) is 115 Å². The lowest BCUT2D eigenvalue weighted by molar-refractivity contribution is -0.125. The molecule has 0 spiro atoms. The molecule has 0 aromatic carbocycles. The molecule has 0 saturated carbocycles. The highest BCUT2D eigenvalue weighted by molar-refractivity contribution is 6.61. The smallest absolute Gasteiger partial charge is 0.444 e. The van der Waals surface area contributed by atoms with Gasteiger partial charge in [0.15, 0.2) is 0 Å². The van der Waals surface area contributed by atoms with Gasteiger partial charge < -0.3 is 29.6 Å². The Hall–Kier alpha value is -2.40. The number of carbonyl (C=O) groups is 2. The maximum absolute atomic E-state index is 12.9. The van der Waals surface area contributed by atoms with Gasteiger partial charge in [-0.25, -0.2) is 14.8 Å². The number of anilines is 1. The molecular formula is C25H42BN5O5. The largest absolute Gasteiger partial charge is 0.498 e. The third-order valence-electron chi connectivity index (χ3n) is 6.93. The van der Waals surface area contributed by atoms with Gasteiger partial charge >= 0.3 is 13.2 Å². The summed E-state index contributed by atoms with van der Waals surface area (Å²) in [5, 5.41) is 5.80.